The highest BCUT2D eigenvalue weighted by Crippen LogP contribution is 2.16. The molecule has 4 nitrogen and oxygen atoms in total. The van der Waals surface area contributed by atoms with Crippen molar-refractivity contribution in [1.82, 2.24) is 4.90 Å². The maximum atomic E-state index is 11.9. The molecule has 2 rings (SSSR count). The quantitative estimate of drug-likeness (QED) is 0.883. The molecule has 1 unspecified atom stereocenters. The van der Waals surface area contributed by atoms with Crippen molar-refractivity contribution < 1.29 is 4.79 Å². The number of anilines is 1. The number of halogens is 1. The molecular weight excluding hydrogens is 262 g/mol. The molecule has 3 N–H and O–H groups in total. The Morgan fingerprint density at radius 3 is 2.84 bits per heavy atom. The number of hydrogen-bond donors (Lipinski definition) is 2. The van der Waals surface area contributed by atoms with Crippen molar-refractivity contribution >= 4 is 24.0 Å². The average molecular weight is 284 g/mol. The molecule has 1 saturated heterocycles. The predicted molar refractivity (Wildman–Crippen MR) is 80.7 cm³/mol. The van der Waals surface area contributed by atoms with Crippen molar-refractivity contribution in [3.63, 3.8) is 0 Å². The number of para-hydroxylation sites is 1. The number of nitrogens with one attached hydrogen (secondary N) is 1. The van der Waals surface area contributed by atoms with Crippen LogP contribution in [0.3, 0.4) is 0 Å². The number of nitrogens with zero attached hydrogens (tertiary/aromatic N) is 1. The van der Waals surface area contributed by atoms with E-state index in [1.165, 1.54) is 0 Å². The Bertz CT molecular complexity index is 425. The molecule has 1 fully saturated rings. The summed E-state index contributed by atoms with van der Waals surface area (Å²) in [5.74, 6) is 0.609. The zero-order chi connectivity index (χ0) is 13.0. The molecule has 1 aromatic carbocycles. The van der Waals surface area contributed by atoms with Crippen LogP contribution >= 0.6 is 12.4 Å². The average Bonchev–Trinajstić information content (AvgIpc) is 2.80. The third-order valence-electron chi connectivity index (χ3n) is 3.49. The first kappa shape index (κ1) is 16.0. The number of rotatable bonds is 4. The van der Waals surface area contributed by atoms with Crippen molar-refractivity contribution in [3.05, 3.63) is 29.8 Å². The van der Waals surface area contributed by atoms with Crippen LogP contribution in [0.2, 0.25) is 0 Å². The van der Waals surface area contributed by atoms with E-state index in [1.807, 2.05) is 31.2 Å². The van der Waals surface area contributed by atoms with E-state index in [0.717, 1.165) is 37.3 Å². The molecule has 1 atom stereocenters. The summed E-state index contributed by atoms with van der Waals surface area (Å²) in [5, 5.41) is 2.96. The van der Waals surface area contributed by atoms with Crippen molar-refractivity contribution in [3.8, 4) is 0 Å². The van der Waals surface area contributed by atoms with Crippen molar-refractivity contribution in [2.45, 2.75) is 13.3 Å². The molecule has 0 aliphatic carbocycles. The summed E-state index contributed by atoms with van der Waals surface area (Å²) < 4.78 is 0. The maximum absolute atomic E-state index is 11.9. The molecule has 1 aromatic rings. The summed E-state index contributed by atoms with van der Waals surface area (Å²) in [5.41, 5.74) is 7.63. The molecule has 0 saturated carbocycles. The van der Waals surface area contributed by atoms with Crippen molar-refractivity contribution in [2.75, 3.05) is 31.5 Å². The molecule has 1 amide bonds. The number of hydrogen-bond acceptors (Lipinski definition) is 3. The van der Waals surface area contributed by atoms with Gasteiger partial charge in [-0.05, 0) is 44.0 Å². The summed E-state index contributed by atoms with van der Waals surface area (Å²) >= 11 is 0. The molecule has 0 bridgehead atoms. The van der Waals surface area contributed by atoms with Gasteiger partial charge in [0.25, 0.3) is 0 Å². The van der Waals surface area contributed by atoms with Gasteiger partial charge < -0.3 is 11.1 Å². The Morgan fingerprint density at radius 2 is 2.21 bits per heavy atom. The number of amides is 1. The first-order valence-electron chi connectivity index (χ1n) is 6.47. The third-order valence-corrected chi connectivity index (χ3v) is 3.49. The van der Waals surface area contributed by atoms with Crippen LogP contribution < -0.4 is 11.1 Å². The molecule has 0 radical (unpaired) electrons. The molecule has 1 heterocycles. The fourth-order valence-corrected chi connectivity index (χ4v) is 2.35. The fraction of sp³-hybridized carbons (Fsp3) is 0.500. The topological polar surface area (TPSA) is 58.4 Å². The van der Waals surface area contributed by atoms with Crippen LogP contribution in [0, 0.1) is 12.8 Å². The van der Waals surface area contributed by atoms with Crippen LogP contribution in [0.1, 0.15) is 12.0 Å². The van der Waals surface area contributed by atoms with Gasteiger partial charge in [0.1, 0.15) is 0 Å². The number of carbonyl (C=O) groups is 1. The molecular formula is C14H22ClN3O. The van der Waals surface area contributed by atoms with Crippen LogP contribution in [0.25, 0.3) is 0 Å². The second-order valence-corrected chi connectivity index (χ2v) is 4.99. The van der Waals surface area contributed by atoms with Gasteiger partial charge in [-0.25, -0.2) is 0 Å². The third kappa shape index (κ3) is 4.49. The van der Waals surface area contributed by atoms with E-state index in [1.54, 1.807) is 0 Å². The van der Waals surface area contributed by atoms with Gasteiger partial charge in [-0.15, -0.1) is 12.4 Å². The fourth-order valence-electron chi connectivity index (χ4n) is 2.35. The lowest BCUT2D eigenvalue weighted by molar-refractivity contribution is -0.117. The largest absolute Gasteiger partial charge is 0.330 e. The molecule has 1 aliphatic heterocycles. The van der Waals surface area contributed by atoms with Gasteiger partial charge in [-0.3, -0.25) is 9.69 Å². The maximum Gasteiger partial charge on any atom is 0.238 e. The Morgan fingerprint density at radius 1 is 1.47 bits per heavy atom. The number of likely N-dealkylation sites (tertiary alicyclic amines) is 1. The molecule has 19 heavy (non-hydrogen) atoms. The van der Waals surface area contributed by atoms with E-state index >= 15 is 0 Å². The molecule has 1 aliphatic rings. The van der Waals surface area contributed by atoms with E-state index in [4.69, 9.17) is 5.73 Å². The first-order chi connectivity index (χ1) is 8.69. The highest BCUT2D eigenvalue weighted by molar-refractivity contribution is 5.92. The van der Waals surface area contributed by atoms with Crippen LogP contribution in [0.5, 0.6) is 0 Å². The summed E-state index contributed by atoms with van der Waals surface area (Å²) in [4.78, 5) is 14.1. The van der Waals surface area contributed by atoms with E-state index in [0.29, 0.717) is 12.5 Å². The van der Waals surface area contributed by atoms with Gasteiger partial charge in [-0.1, -0.05) is 18.2 Å². The van der Waals surface area contributed by atoms with Crippen molar-refractivity contribution in [2.24, 2.45) is 11.7 Å². The van der Waals surface area contributed by atoms with Gasteiger partial charge in [0, 0.05) is 12.2 Å². The minimum atomic E-state index is 0. The van der Waals surface area contributed by atoms with Crippen LogP contribution in [0.4, 0.5) is 5.69 Å². The van der Waals surface area contributed by atoms with Crippen LogP contribution in [0.15, 0.2) is 24.3 Å². The Kier molecular flexibility index (Phi) is 6.28. The lowest BCUT2D eigenvalue weighted by Crippen LogP contribution is -2.32. The summed E-state index contributed by atoms with van der Waals surface area (Å²) in [6.45, 7) is 5.09. The van der Waals surface area contributed by atoms with Gasteiger partial charge in [0.2, 0.25) is 5.91 Å². The standard InChI is InChI=1S/C14H21N3O.ClH/c1-11-4-2-3-5-13(11)16-14(18)10-17-7-6-12(8-15)9-17;/h2-5,12H,6-10,15H2,1H3,(H,16,18);1H. The zero-order valence-corrected chi connectivity index (χ0v) is 12.1. The van der Waals surface area contributed by atoms with Gasteiger partial charge >= 0.3 is 0 Å². The Labute approximate surface area is 120 Å². The minimum absolute atomic E-state index is 0. The highest BCUT2D eigenvalue weighted by atomic mass is 35.5. The first-order valence-corrected chi connectivity index (χ1v) is 6.47. The summed E-state index contributed by atoms with van der Waals surface area (Å²) in [7, 11) is 0. The molecule has 0 spiro atoms. The van der Waals surface area contributed by atoms with Crippen LogP contribution in [-0.2, 0) is 4.79 Å². The lowest BCUT2D eigenvalue weighted by Gasteiger charge is -2.15. The summed E-state index contributed by atoms with van der Waals surface area (Å²) in [6.07, 6.45) is 1.11. The monoisotopic (exact) mass is 283 g/mol. The number of nitrogens with two attached hydrogens (primary N) is 1. The van der Waals surface area contributed by atoms with Gasteiger partial charge in [0.05, 0.1) is 6.54 Å². The molecule has 106 valence electrons. The summed E-state index contributed by atoms with van der Waals surface area (Å²) in [6, 6.07) is 7.83. The Balaban J connectivity index is 0.00000180. The number of carbonyl (C=O) groups excluding carboxylic acids is 1. The van der Waals surface area contributed by atoms with E-state index < -0.39 is 0 Å². The highest BCUT2D eigenvalue weighted by Gasteiger charge is 2.22. The van der Waals surface area contributed by atoms with E-state index in [-0.39, 0.29) is 18.3 Å². The zero-order valence-electron chi connectivity index (χ0n) is 11.3. The SMILES string of the molecule is Cc1ccccc1NC(=O)CN1CCC(CN)C1.Cl. The van der Waals surface area contributed by atoms with E-state index in [2.05, 4.69) is 10.2 Å². The van der Waals surface area contributed by atoms with Gasteiger partial charge in [0.15, 0.2) is 0 Å². The Hall–Kier alpha value is -1.10. The van der Waals surface area contributed by atoms with Crippen LogP contribution in [-0.4, -0.2) is 37.0 Å². The van der Waals surface area contributed by atoms with E-state index in [9.17, 15) is 4.79 Å². The second-order valence-electron chi connectivity index (χ2n) is 4.99. The van der Waals surface area contributed by atoms with Crippen molar-refractivity contribution in [1.29, 1.82) is 0 Å². The lowest BCUT2D eigenvalue weighted by atomic mass is 10.1. The normalized spacial score (nSPS) is 18.9. The minimum Gasteiger partial charge on any atom is -0.330 e. The van der Waals surface area contributed by atoms with Gasteiger partial charge in [-0.2, -0.15) is 0 Å². The number of benzene rings is 1. The smallest absolute Gasteiger partial charge is 0.238 e. The second kappa shape index (κ2) is 7.48. The predicted octanol–water partition coefficient (Wildman–Crippen LogP) is 1.64. The number of aryl methyl sites for hydroxylation is 1. The molecule has 0 aromatic heterocycles. The molecule has 5 heteroatoms.